The van der Waals surface area contributed by atoms with Crippen LogP contribution in [0.15, 0.2) is 18.2 Å². The molecule has 0 spiro atoms. The third-order valence-corrected chi connectivity index (χ3v) is 3.26. The number of ether oxygens (including phenoxy) is 1. The van der Waals surface area contributed by atoms with Crippen molar-refractivity contribution >= 4 is 5.97 Å². The number of aromatic carboxylic acids is 1. The van der Waals surface area contributed by atoms with Crippen LogP contribution in [0.3, 0.4) is 0 Å². The number of hydrogen-bond donors (Lipinski definition) is 2. The Morgan fingerprint density at radius 1 is 1.40 bits per heavy atom. The Morgan fingerprint density at radius 3 is 2.95 bits per heavy atom. The number of nitrogens with zero attached hydrogens (tertiary/aromatic N) is 2. The highest BCUT2D eigenvalue weighted by Gasteiger charge is 2.09. The molecule has 20 heavy (non-hydrogen) atoms. The zero-order valence-corrected chi connectivity index (χ0v) is 11.5. The van der Waals surface area contributed by atoms with Crippen molar-refractivity contribution in [2.24, 2.45) is 0 Å². The fourth-order valence-corrected chi connectivity index (χ4v) is 2.17. The zero-order chi connectivity index (χ0) is 14.2. The topological polar surface area (TPSA) is 74.7 Å². The molecule has 2 heterocycles. The molecule has 1 aromatic heterocycles. The molecule has 0 unspecified atom stereocenters. The fourth-order valence-electron chi connectivity index (χ4n) is 2.17. The maximum absolute atomic E-state index is 10.8. The standard InChI is InChI=1S/C14H21N3O3/c18-14(19)13-4-1-3-12(16-13)11-15-5-2-6-17-7-9-20-10-8-17/h1,3-4,15H,2,5-11H2,(H,18,19). The van der Waals surface area contributed by atoms with Crippen molar-refractivity contribution in [2.75, 3.05) is 39.4 Å². The van der Waals surface area contributed by atoms with Crippen LogP contribution < -0.4 is 5.32 Å². The molecule has 6 heteroatoms. The minimum Gasteiger partial charge on any atom is -0.477 e. The van der Waals surface area contributed by atoms with Crippen molar-refractivity contribution < 1.29 is 14.6 Å². The largest absolute Gasteiger partial charge is 0.477 e. The maximum Gasteiger partial charge on any atom is 0.354 e. The summed E-state index contributed by atoms with van der Waals surface area (Å²) in [7, 11) is 0. The smallest absolute Gasteiger partial charge is 0.354 e. The highest BCUT2D eigenvalue weighted by atomic mass is 16.5. The molecule has 0 aromatic carbocycles. The molecule has 1 aliphatic heterocycles. The second-order valence-electron chi connectivity index (χ2n) is 4.80. The molecule has 0 bridgehead atoms. The lowest BCUT2D eigenvalue weighted by molar-refractivity contribution is 0.0374. The fraction of sp³-hybridized carbons (Fsp3) is 0.571. The van der Waals surface area contributed by atoms with Crippen LogP contribution in [0.25, 0.3) is 0 Å². The van der Waals surface area contributed by atoms with Crippen LogP contribution in [0.2, 0.25) is 0 Å². The van der Waals surface area contributed by atoms with E-state index in [9.17, 15) is 4.79 Å². The van der Waals surface area contributed by atoms with E-state index in [4.69, 9.17) is 9.84 Å². The maximum atomic E-state index is 10.8. The van der Waals surface area contributed by atoms with Gasteiger partial charge in [0.05, 0.1) is 18.9 Å². The summed E-state index contributed by atoms with van der Waals surface area (Å²) in [6, 6.07) is 5.06. The monoisotopic (exact) mass is 279 g/mol. The SMILES string of the molecule is O=C(O)c1cccc(CNCCCN2CCOCC2)n1. The van der Waals surface area contributed by atoms with E-state index in [-0.39, 0.29) is 5.69 Å². The van der Waals surface area contributed by atoms with Gasteiger partial charge in [-0.1, -0.05) is 6.07 Å². The highest BCUT2D eigenvalue weighted by molar-refractivity contribution is 5.85. The van der Waals surface area contributed by atoms with E-state index in [1.54, 1.807) is 6.07 Å². The number of rotatable bonds is 7. The van der Waals surface area contributed by atoms with Crippen LogP contribution in [0.5, 0.6) is 0 Å². The normalized spacial score (nSPS) is 16.2. The van der Waals surface area contributed by atoms with E-state index in [0.717, 1.165) is 51.5 Å². The lowest BCUT2D eigenvalue weighted by Gasteiger charge is -2.26. The average Bonchev–Trinajstić information content (AvgIpc) is 2.48. The quantitative estimate of drug-likeness (QED) is 0.712. The molecule has 1 aromatic rings. The number of carbonyl (C=O) groups is 1. The molecule has 1 saturated heterocycles. The van der Waals surface area contributed by atoms with E-state index in [1.807, 2.05) is 6.07 Å². The Balaban J connectivity index is 1.63. The molecule has 0 amide bonds. The molecule has 0 radical (unpaired) electrons. The predicted octanol–water partition coefficient (Wildman–Crippen LogP) is 0.592. The number of nitrogens with one attached hydrogen (secondary N) is 1. The van der Waals surface area contributed by atoms with E-state index in [0.29, 0.717) is 6.54 Å². The van der Waals surface area contributed by atoms with Gasteiger partial charge in [-0.15, -0.1) is 0 Å². The molecule has 110 valence electrons. The minimum atomic E-state index is -0.987. The minimum absolute atomic E-state index is 0.0950. The second-order valence-corrected chi connectivity index (χ2v) is 4.80. The van der Waals surface area contributed by atoms with Crippen LogP contribution >= 0.6 is 0 Å². The molecule has 0 saturated carbocycles. The number of aromatic nitrogens is 1. The van der Waals surface area contributed by atoms with E-state index in [2.05, 4.69) is 15.2 Å². The molecule has 0 aliphatic carbocycles. The van der Waals surface area contributed by atoms with Gasteiger partial charge in [-0.25, -0.2) is 9.78 Å². The van der Waals surface area contributed by atoms with E-state index >= 15 is 0 Å². The number of morpholine rings is 1. The van der Waals surface area contributed by atoms with Crippen LogP contribution in [0, 0.1) is 0 Å². The molecular formula is C14H21N3O3. The van der Waals surface area contributed by atoms with Gasteiger partial charge in [0.15, 0.2) is 0 Å². The van der Waals surface area contributed by atoms with Crippen LogP contribution in [-0.2, 0) is 11.3 Å². The van der Waals surface area contributed by atoms with Crippen LogP contribution in [0.4, 0.5) is 0 Å². The number of hydrogen-bond acceptors (Lipinski definition) is 5. The molecule has 6 nitrogen and oxygen atoms in total. The first kappa shape index (κ1) is 14.9. The lowest BCUT2D eigenvalue weighted by Crippen LogP contribution is -2.37. The van der Waals surface area contributed by atoms with Crippen LogP contribution in [-0.4, -0.2) is 60.4 Å². The van der Waals surface area contributed by atoms with Gasteiger partial charge in [-0.3, -0.25) is 4.90 Å². The van der Waals surface area contributed by atoms with Gasteiger partial charge >= 0.3 is 5.97 Å². The Kier molecular flexibility index (Phi) is 5.91. The molecule has 2 rings (SSSR count). The third-order valence-electron chi connectivity index (χ3n) is 3.26. The average molecular weight is 279 g/mol. The van der Waals surface area contributed by atoms with Crippen molar-refractivity contribution in [1.29, 1.82) is 0 Å². The lowest BCUT2D eigenvalue weighted by atomic mass is 10.3. The van der Waals surface area contributed by atoms with Gasteiger partial charge in [0.25, 0.3) is 0 Å². The third kappa shape index (κ3) is 4.88. The first-order valence-electron chi connectivity index (χ1n) is 6.96. The van der Waals surface area contributed by atoms with Gasteiger partial charge in [-0.2, -0.15) is 0 Å². The second kappa shape index (κ2) is 7.94. The summed E-state index contributed by atoms with van der Waals surface area (Å²) in [4.78, 5) is 17.3. The molecule has 1 fully saturated rings. The van der Waals surface area contributed by atoms with Gasteiger partial charge < -0.3 is 15.2 Å². The van der Waals surface area contributed by atoms with Crippen LogP contribution in [0.1, 0.15) is 22.6 Å². The summed E-state index contributed by atoms with van der Waals surface area (Å²) < 4.78 is 5.30. The van der Waals surface area contributed by atoms with E-state index in [1.165, 1.54) is 6.07 Å². The summed E-state index contributed by atoms with van der Waals surface area (Å²) in [5.41, 5.74) is 0.855. The molecule has 0 atom stereocenters. The molecule has 1 aliphatic rings. The Morgan fingerprint density at radius 2 is 2.20 bits per heavy atom. The summed E-state index contributed by atoms with van der Waals surface area (Å²) >= 11 is 0. The van der Waals surface area contributed by atoms with Gasteiger partial charge in [0, 0.05) is 19.6 Å². The molecular weight excluding hydrogens is 258 g/mol. The Hall–Kier alpha value is -1.50. The Bertz CT molecular complexity index is 433. The zero-order valence-electron chi connectivity index (χ0n) is 11.5. The summed E-state index contributed by atoms with van der Waals surface area (Å²) in [5.74, 6) is -0.987. The van der Waals surface area contributed by atoms with Crippen molar-refractivity contribution in [2.45, 2.75) is 13.0 Å². The van der Waals surface area contributed by atoms with Gasteiger partial charge in [0.1, 0.15) is 5.69 Å². The van der Waals surface area contributed by atoms with Gasteiger partial charge in [0.2, 0.25) is 0 Å². The van der Waals surface area contributed by atoms with Crippen molar-refractivity contribution in [3.8, 4) is 0 Å². The van der Waals surface area contributed by atoms with Crippen molar-refractivity contribution in [3.05, 3.63) is 29.6 Å². The number of carboxylic acids is 1. The Labute approximate surface area is 118 Å². The highest BCUT2D eigenvalue weighted by Crippen LogP contribution is 2.00. The van der Waals surface area contributed by atoms with Crippen molar-refractivity contribution in [3.63, 3.8) is 0 Å². The number of carboxylic acid groups (broad SMARTS) is 1. The summed E-state index contributed by atoms with van der Waals surface area (Å²) in [6.07, 6.45) is 1.07. The van der Waals surface area contributed by atoms with E-state index < -0.39 is 5.97 Å². The number of pyridine rings is 1. The predicted molar refractivity (Wildman–Crippen MR) is 74.8 cm³/mol. The van der Waals surface area contributed by atoms with Gasteiger partial charge in [-0.05, 0) is 31.6 Å². The first-order chi connectivity index (χ1) is 9.75. The first-order valence-corrected chi connectivity index (χ1v) is 6.96. The molecule has 2 N–H and O–H groups in total. The van der Waals surface area contributed by atoms with Crippen molar-refractivity contribution in [1.82, 2.24) is 15.2 Å². The summed E-state index contributed by atoms with van der Waals surface area (Å²) in [6.45, 7) is 6.27. The summed E-state index contributed by atoms with van der Waals surface area (Å²) in [5, 5.41) is 12.2.